The Balaban J connectivity index is 1.50. The van der Waals surface area contributed by atoms with Crippen molar-refractivity contribution in [2.24, 2.45) is 5.92 Å². The molecular formula is C22H23BrN4O3. The lowest BCUT2D eigenvalue weighted by Gasteiger charge is -2.39. The van der Waals surface area contributed by atoms with Gasteiger partial charge >= 0.3 is 0 Å². The molecule has 1 aromatic heterocycles. The molecule has 156 valence electrons. The van der Waals surface area contributed by atoms with Crippen LogP contribution in [0.1, 0.15) is 34.6 Å². The van der Waals surface area contributed by atoms with Crippen molar-refractivity contribution < 1.29 is 14.4 Å². The van der Waals surface area contributed by atoms with E-state index in [9.17, 15) is 14.4 Å². The second-order valence-electron chi connectivity index (χ2n) is 7.86. The number of nitrogens with zero attached hydrogens (tertiary/aromatic N) is 4. The predicted octanol–water partition coefficient (Wildman–Crippen LogP) is 2.81. The molecule has 3 heterocycles. The number of fused-ring (bicyclic) bond motifs is 1. The highest BCUT2D eigenvalue weighted by molar-refractivity contribution is 9.10. The molecule has 0 aliphatic carbocycles. The van der Waals surface area contributed by atoms with Crippen LogP contribution in [0.5, 0.6) is 0 Å². The van der Waals surface area contributed by atoms with Gasteiger partial charge in [0.25, 0.3) is 11.8 Å². The number of benzene rings is 1. The van der Waals surface area contributed by atoms with Gasteiger partial charge in [0.15, 0.2) is 0 Å². The number of carbonyl (C=O) groups excluding carboxylic acids is 3. The molecule has 0 saturated carbocycles. The molecule has 1 saturated heterocycles. The summed E-state index contributed by atoms with van der Waals surface area (Å²) in [6, 6.07) is 9.82. The SMILES string of the molecule is CC(C)C(C(=O)N1CCN(c2ccc(Br)cn2)CC1)N1C(=O)c2ccccc2C1=O. The Bertz CT molecular complexity index is 949. The summed E-state index contributed by atoms with van der Waals surface area (Å²) in [7, 11) is 0. The third kappa shape index (κ3) is 3.60. The first-order valence-corrected chi connectivity index (χ1v) is 10.8. The lowest BCUT2D eigenvalue weighted by Crippen LogP contribution is -2.57. The van der Waals surface area contributed by atoms with Crippen molar-refractivity contribution in [1.29, 1.82) is 0 Å². The van der Waals surface area contributed by atoms with Crippen LogP contribution in [0.2, 0.25) is 0 Å². The van der Waals surface area contributed by atoms with E-state index in [-0.39, 0.29) is 23.6 Å². The van der Waals surface area contributed by atoms with Crippen molar-refractivity contribution in [3.8, 4) is 0 Å². The molecule has 4 rings (SSSR count). The molecule has 1 aromatic carbocycles. The first-order valence-electron chi connectivity index (χ1n) is 10.0. The highest BCUT2D eigenvalue weighted by Crippen LogP contribution is 2.28. The van der Waals surface area contributed by atoms with Crippen LogP contribution in [-0.4, -0.2) is 64.7 Å². The number of pyridine rings is 1. The van der Waals surface area contributed by atoms with E-state index < -0.39 is 6.04 Å². The van der Waals surface area contributed by atoms with Crippen molar-refractivity contribution in [2.45, 2.75) is 19.9 Å². The van der Waals surface area contributed by atoms with E-state index in [1.54, 1.807) is 35.4 Å². The summed E-state index contributed by atoms with van der Waals surface area (Å²) >= 11 is 3.39. The van der Waals surface area contributed by atoms with E-state index in [2.05, 4.69) is 25.8 Å². The second-order valence-corrected chi connectivity index (χ2v) is 8.78. The number of piperazine rings is 1. The maximum Gasteiger partial charge on any atom is 0.262 e. The van der Waals surface area contributed by atoms with Gasteiger partial charge in [-0.1, -0.05) is 26.0 Å². The summed E-state index contributed by atoms with van der Waals surface area (Å²) in [6.07, 6.45) is 1.75. The third-order valence-electron chi connectivity index (χ3n) is 5.62. The normalized spacial score (nSPS) is 17.5. The molecule has 1 fully saturated rings. The molecule has 2 aromatic rings. The second kappa shape index (κ2) is 8.18. The molecule has 0 bridgehead atoms. The van der Waals surface area contributed by atoms with Gasteiger partial charge in [-0.15, -0.1) is 0 Å². The maximum atomic E-state index is 13.4. The molecule has 7 nitrogen and oxygen atoms in total. The lowest BCUT2D eigenvalue weighted by molar-refractivity contribution is -0.137. The van der Waals surface area contributed by atoms with Crippen LogP contribution in [0.25, 0.3) is 0 Å². The number of rotatable bonds is 4. The minimum Gasteiger partial charge on any atom is -0.353 e. The predicted molar refractivity (Wildman–Crippen MR) is 116 cm³/mol. The zero-order valence-electron chi connectivity index (χ0n) is 16.9. The Kier molecular flexibility index (Phi) is 5.60. The molecule has 2 aliphatic heterocycles. The fourth-order valence-electron chi connectivity index (χ4n) is 4.05. The first kappa shape index (κ1) is 20.5. The van der Waals surface area contributed by atoms with E-state index in [1.165, 1.54) is 0 Å². The number of hydrogen-bond acceptors (Lipinski definition) is 5. The Morgan fingerprint density at radius 2 is 1.57 bits per heavy atom. The summed E-state index contributed by atoms with van der Waals surface area (Å²) < 4.78 is 0.917. The Hall–Kier alpha value is -2.74. The molecule has 1 unspecified atom stereocenters. The van der Waals surface area contributed by atoms with Crippen LogP contribution in [0.4, 0.5) is 5.82 Å². The van der Waals surface area contributed by atoms with Gasteiger partial charge in [0, 0.05) is 36.8 Å². The Labute approximate surface area is 183 Å². The number of carbonyl (C=O) groups is 3. The van der Waals surface area contributed by atoms with Crippen molar-refractivity contribution >= 4 is 39.5 Å². The van der Waals surface area contributed by atoms with Gasteiger partial charge in [-0.3, -0.25) is 19.3 Å². The average molecular weight is 471 g/mol. The van der Waals surface area contributed by atoms with Crippen LogP contribution in [0, 0.1) is 5.92 Å². The first-order chi connectivity index (χ1) is 14.4. The summed E-state index contributed by atoms with van der Waals surface area (Å²) in [6.45, 7) is 6.06. The van der Waals surface area contributed by atoms with Gasteiger partial charge in [0.1, 0.15) is 11.9 Å². The van der Waals surface area contributed by atoms with Crippen LogP contribution >= 0.6 is 15.9 Å². The van der Waals surface area contributed by atoms with E-state index in [0.717, 1.165) is 15.2 Å². The van der Waals surface area contributed by atoms with E-state index in [4.69, 9.17) is 0 Å². The standard InChI is InChI=1S/C22H23BrN4O3/c1-14(2)19(27-20(28)16-5-3-4-6-17(16)21(27)29)22(30)26-11-9-25(10-12-26)18-8-7-15(23)13-24-18/h3-8,13-14,19H,9-12H2,1-2H3. The minimum absolute atomic E-state index is 0.178. The summed E-state index contributed by atoms with van der Waals surface area (Å²) in [4.78, 5) is 48.7. The molecule has 0 spiro atoms. The van der Waals surface area contributed by atoms with Gasteiger partial charge in [-0.25, -0.2) is 4.98 Å². The van der Waals surface area contributed by atoms with Gasteiger partial charge in [0.05, 0.1) is 11.1 Å². The Morgan fingerprint density at radius 1 is 0.967 bits per heavy atom. The van der Waals surface area contributed by atoms with Crippen molar-refractivity contribution in [3.63, 3.8) is 0 Å². The largest absolute Gasteiger partial charge is 0.353 e. The molecule has 0 radical (unpaired) electrons. The van der Waals surface area contributed by atoms with E-state index >= 15 is 0 Å². The quantitative estimate of drug-likeness (QED) is 0.642. The Morgan fingerprint density at radius 3 is 2.07 bits per heavy atom. The van der Waals surface area contributed by atoms with E-state index in [1.807, 2.05) is 26.0 Å². The molecule has 1 atom stereocenters. The van der Waals surface area contributed by atoms with Crippen LogP contribution < -0.4 is 4.90 Å². The van der Waals surface area contributed by atoms with Crippen LogP contribution in [0.3, 0.4) is 0 Å². The number of amides is 3. The van der Waals surface area contributed by atoms with Crippen molar-refractivity contribution in [3.05, 3.63) is 58.2 Å². The van der Waals surface area contributed by atoms with Crippen molar-refractivity contribution in [2.75, 3.05) is 31.1 Å². The molecule has 30 heavy (non-hydrogen) atoms. The number of imide groups is 1. The topological polar surface area (TPSA) is 73.8 Å². The fraction of sp³-hybridized carbons (Fsp3) is 0.364. The number of hydrogen-bond donors (Lipinski definition) is 0. The van der Waals surface area contributed by atoms with Crippen LogP contribution in [-0.2, 0) is 4.79 Å². The fourth-order valence-corrected chi connectivity index (χ4v) is 4.29. The maximum absolute atomic E-state index is 13.4. The smallest absolute Gasteiger partial charge is 0.262 e. The lowest BCUT2D eigenvalue weighted by atomic mass is 10.0. The monoisotopic (exact) mass is 470 g/mol. The average Bonchev–Trinajstić information content (AvgIpc) is 3.00. The van der Waals surface area contributed by atoms with Crippen LogP contribution in [0.15, 0.2) is 47.1 Å². The summed E-state index contributed by atoms with van der Waals surface area (Å²) in [5.41, 5.74) is 0.735. The number of anilines is 1. The molecule has 3 amide bonds. The summed E-state index contributed by atoms with van der Waals surface area (Å²) in [5.74, 6) is -0.277. The van der Waals surface area contributed by atoms with Crippen molar-refractivity contribution in [1.82, 2.24) is 14.8 Å². The number of aromatic nitrogens is 1. The number of halogens is 1. The molecule has 2 aliphatic rings. The van der Waals surface area contributed by atoms with Gasteiger partial charge in [0.2, 0.25) is 5.91 Å². The summed E-state index contributed by atoms with van der Waals surface area (Å²) in [5, 5.41) is 0. The van der Waals surface area contributed by atoms with Gasteiger partial charge in [-0.05, 0) is 46.1 Å². The molecule has 0 N–H and O–H groups in total. The van der Waals surface area contributed by atoms with Gasteiger partial charge in [-0.2, -0.15) is 0 Å². The van der Waals surface area contributed by atoms with E-state index in [0.29, 0.717) is 37.3 Å². The zero-order valence-corrected chi connectivity index (χ0v) is 18.5. The van der Waals surface area contributed by atoms with Gasteiger partial charge < -0.3 is 9.80 Å². The third-order valence-corrected chi connectivity index (χ3v) is 6.08. The highest BCUT2D eigenvalue weighted by Gasteiger charge is 2.45. The molecular weight excluding hydrogens is 448 g/mol. The zero-order chi connectivity index (χ0) is 21.4. The minimum atomic E-state index is -0.810. The highest BCUT2D eigenvalue weighted by atomic mass is 79.9. The molecule has 8 heteroatoms.